The molecule has 0 spiro atoms. The van der Waals surface area contributed by atoms with E-state index in [2.05, 4.69) is 60.7 Å². The second kappa shape index (κ2) is 10.0. The summed E-state index contributed by atoms with van der Waals surface area (Å²) in [6.07, 6.45) is 5.42. The summed E-state index contributed by atoms with van der Waals surface area (Å²) in [6.45, 7) is 11.9. The van der Waals surface area contributed by atoms with Gasteiger partial charge in [-0.05, 0) is 79.9 Å². The van der Waals surface area contributed by atoms with Crippen LogP contribution in [0, 0.1) is 0 Å². The maximum Gasteiger partial charge on any atom is 0.129 e. The first-order valence-corrected chi connectivity index (χ1v) is 11.2. The highest BCUT2D eigenvalue weighted by atomic mass is 35.5. The molecule has 4 aromatic rings. The van der Waals surface area contributed by atoms with E-state index in [4.69, 9.17) is 21.1 Å². The number of ether oxygens (including phenoxy) is 2. The Balaban J connectivity index is 0.000000186. The molecule has 0 bridgehead atoms. The van der Waals surface area contributed by atoms with E-state index in [1.807, 2.05) is 38.2 Å². The number of aromatic nitrogens is 2. The van der Waals surface area contributed by atoms with Gasteiger partial charge in [-0.15, -0.1) is 0 Å². The Kier molecular flexibility index (Phi) is 7.53. The molecule has 2 heterocycles. The van der Waals surface area contributed by atoms with Crippen molar-refractivity contribution in [3.05, 3.63) is 89.5 Å². The molecule has 2 aromatic heterocycles. The van der Waals surface area contributed by atoms with Gasteiger partial charge in [-0.1, -0.05) is 42.4 Å². The molecule has 0 saturated carbocycles. The predicted octanol–water partition coefficient (Wildman–Crippen LogP) is 7.53. The van der Waals surface area contributed by atoms with Crippen molar-refractivity contribution in [1.29, 1.82) is 0 Å². The lowest BCUT2D eigenvalue weighted by Gasteiger charge is -2.23. The molecule has 0 aliphatic rings. The minimum atomic E-state index is -0.284. The minimum absolute atomic E-state index is 0.273. The smallest absolute Gasteiger partial charge is 0.129 e. The Morgan fingerprint density at radius 3 is 1.70 bits per heavy atom. The molecule has 0 saturated heterocycles. The fourth-order valence-electron chi connectivity index (χ4n) is 3.37. The molecule has 0 radical (unpaired) electrons. The van der Waals surface area contributed by atoms with Crippen LogP contribution in [0.1, 0.15) is 44.5 Å². The molecule has 0 fully saturated rings. The number of fused-ring (bicyclic) bond motifs is 2. The van der Waals surface area contributed by atoms with Crippen LogP contribution in [0.3, 0.4) is 0 Å². The Morgan fingerprint density at radius 2 is 1.21 bits per heavy atom. The van der Waals surface area contributed by atoms with Gasteiger partial charge in [0.1, 0.15) is 5.15 Å². The van der Waals surface area contributed by atoms with E-state index < -0.39 is 0 Å². The summed E-state index contributed by atoms with van der Waals surface area (Å²) in [4.78, 5) is 8.40. The first-order chi connectivity index (χ1) is 15.6. The van der Waals surface area contributed by atoms with Crippen LogP contribution in [0.2, 0.25) is 5.15 Å². The van der Waals surface area contributed by atoms with Crippen molar-refractivity contribution in [2.24, 2.45) is 0 Å². The fourth-order valence-corrected chi connectivity index (χ4v) is 3.54. The van der Waals surface area contributed by atoms with Crippen molar-refractivity contribution in [1.82, 2.24) is 9.97 Å². The molecule has 4 rings (SSSR count). The van der Waals surface area contributed by atoms with Crippen LogP contribution in [0.4, 0.5) is 0 Å². The average Bonchev–Trinajstić information content (AvgIpc) is 2.83. The van der Waals surface area contributed by atoms with Crippen LogP contribution in [0.5, 0.6) is 0 Å². The molecule has 0 N–H and O–H groups in total. The zero-order chi connectivity index (χ0) is 24.2. The van der Waals surface area contributed by atoms with Gasteiger partial charge in [-0.2, -0.15) is 0 Å². The van der Waals surface area contributed by atoms with Gasteiger partial charge in [0.2, 0.25) is 0 Å². The summed E-state index contributed by atoms with van der Waals surface area (Å²) >= 11 is 5.84. The molecule has 0 aliphatic heterocycles. The van der Waals surface area contributed by atoms with Crippen LogP contribution in [-0.2, 0) is 20.7 Å². The molecular weight excluding hydrogens is 432 g/mol. The maximum atomic E-state index is 5.84. The zero-order valence-corrected chi connectivity index (χ0v) is 20.9. The molecule has 4 nitrogen and oxygen atoms in total. The Hall–Kier alpha value is -2.79. The highest BCUT2D eigenvalue weighted by molar-refractivity contribution is 6.30. The van der Waals surface area contributed by atoms with Crippen LogP contribution in [0.15, 0.2) is 67.5 Å². The van der Waals surface area contributed by atoms with Crippen molar-refractivity contribution in [3.63, 3.8) is 0 Å². The number of rotatable bonds is 5. The Morgan fingerprint density at radius 1 is 0.727 bits per heavy atom. The highest BCUT2D eigenvalue weighted by Crippen LogP contribution is 2.28. The third-order valence-electron chi connectivity index (χ3n) is 6.05. The van der Waals surface area contributed by atoms with E-state index in [1.54, 1.807) is 26.5 Å². The summed E-state index contributed by atoms with van der Waals surface area (Å²) in [6, 6.07) is 16.4. The SMILES string of the molecule is C=Cc1cc2ccc(C(C)(C)OC)cc2cn1.COC(C)(C)c1ccc2cc(Cl)ncc2c1. The van der Waals surface area contributed by atoms with Gasteiger partial charge in [-0.25, -0.2) is 4.98 Å². The largest absolute Gasteiger partial charge is 0.374 e. The number of methoxy groups -OCH3 is 2. The standard InChI is InChI=1S/C15H17NO.C13H14ClNO/c1-5-14-9-11-6-7-13(15(2,3)17-4)8-12(11)10-16-14;1-13(2,16-3)11-5-4-9-7-12(14)15-8-10(9)6-11/h5-10H,1H2,2-4H3;4-8H,1-3H3. The minimum Gasteiger partial charge on any atom is -0.374 e. The van der Waals surface area contributed by atoms with E-state index in [0.717, 1.165) is 33.0 Å². The van der Waals surface area contributed by atoms with Gasteiger partial charge in [0.25, 0.3) is 0 Å². The van der Waals surface area contributed by atoms with Gasteiger partial charge < -0.3 is 9.47 Å². The van der Waals surface area contributed by atoms with Gasteiger partial charge in [0.05, 0.1) is 16.9 Å². The average molecular weight is 463 g/mol. The number of hydrogen-bond acceptors (Lipinski definition) is 4. The van der Waals surface area contributed by atoms with Crippen LogP contribution >= 0.6 is 11.6 Å². The quantitative estimate of drug-likeness (QED) is 0.287. The van der Waals surface area contributed by atoms with Crippen molar-refractivity contribution in [2.75, 3.05) is 14.2 Å². The van der Waals surface area contributed by atoms with Crippen LogP contribution in [0.25, 0.3) is 27.6 Å². The van der Waals surface area contributed by atoms with E-state index in [-0.39, 0.29) is 11.2 Å². The topological polar surface area (TPSA) is 44.2 Å². The van der Waals surface area contributed by atoms with Gasteiger partial charge in [0, 0.05) is 37.4 Å². The lowest BCUT2D eigenvalue weighted by Crippen LogP contribution is -2.19. The number of halogens is 1. The van der Waals surface area contributed by atoms with Gasteiger partial charge >= 0.3 is 0 Å². The molecule has 2 aromatic carbocycles. The normalized spacial score (nSPS) is 11.8. The van der Waals surface area contributed by atoms with E-state index in [0.29, 0.717) is 5.15 Å². The molecule has 0 atom stereocenters. The fraction of sp³-hybridized carbons (Fsp3) is 0.286. The van der Waals surface area contributed by atoms with Crippen LogP contribution in [-0.4, -0.2) is 24.2 Å². The predicted molar refractivity (Wildman–Crippen MR) is 139 cm³/mol. The second-order valence-corrected chi connectivity index (χ2v) is 9.26. The monoisotopic (exact) mass is 462 g/mol. The summed E-state index contributed by atoms with van der Waals surface area (Å²) in [5, 5.41) is 4.98. The lowest BCUT2D eigenvalue weighted by molar-refractivity contribution is 0.0191. The summed E-state index contributed by atoms with van der Waals surface area (Å²) in [5.41, 5.74) is 2.63. The summed E-state index contributed by atoms with van der Waals surface area (Å²) in [7, 11) is 3.44. The molecule has 0 aliphatic carbocycles. The van der Waals surface area contributed by atoms with Crippen molar-refractivity contribution >= 4 is 39.2 Å². The lowest BCUT2D eigenvalue weighted by atomic mass is 9.96. The first kappa shape index (κ1) is 24.8. The maximum absolute atomic E-state index is 5.84. The molecular formula is C28H31ClN2O2. The number of benzene rings is 2. The van der Waals surface area contributed by atoms with Crippen LogP contribution < -0.4 is 0 Å². The number of pyridine rings is 2. The number of hydrogen-bond donors (Lipinski definition) is 0. The van der Waals surface area contributed by atoms with Gasteiger partial charge in [-0.3, -0.25) is 4.98 Å². The third-order valence-corrected chi connectivity index (χ3v) is 6.26. The molecule has 33 heavy (non-hydrogen) atoms. The van der Waals surface area contributed by atoms with E-state index in [9.17, 15) is 0 Å². The van der Waals surface area contributed by atoms with Gasteiger partial charge in [0.15, 0.2) is 0 Å². The highest BCUT2D eigenvalue weighted by Gasteiger charge is 2.20. The molecule has 0 unspecified atom stereocenters. The Bertz CT molecular complexity index is 1280. The molecule has 0 amide bonds. The number of nitrogens with zero attached hydrogens (tertiary/aromatic N) is 2. The van der Waals surface area contributed by atoms with Crippen molar-refractivity contribution < 1.29 is 9.47 Å². The summed E-state index contributed by atoms with van der Waals surface area (Å²) < 4.78 is 10.9. The van der Waals surface area contributed by atoms with Crippen molar-refractivity contribution in [3.8, 4) is 0 Å². The summed E-state index contributed by atoms with van der Waals surface area (Å²) in [5.74, 6) is 0. The third kappa shape index (κ3) is 5.77. The second-order valence-electron chi connectivity index (χ2n) is 8.87. The zero-order valence-electron chi connectivity index (χ0n) is 20.1. The first-order valence-electron chi connectivity index (χ1n) is 10.8. The van der Waals surface area contributed by atoms with E-state index >= 15 is 0 Å². The Labute approximate surface area is 201 Å². The van der Waals surface area contributed by atoms with Crippen molar-refractivity contribution in [2.45, 2.75) is 38.9 Å². The molecule has 172 valence electrons. The molecule has 5 heteroatoms. The van der Waals surface area contributed by atoms with E-state index in [1.165, 1.54) is 5.39 Å².